The summed E-state index contributed by atoms with van der Waals surface area (Å²) in [5, 5.41) is 11.6. The summed E-state index contributed by atoms with van der Waals surface area (Å²) in [6.45, 7) is 4.44. The molecule has 2 heterocycles. The molecular formula is C56H43N2OPt-. The van der Waals surface area contributed by atoms with Crippen LogP contribution in [0.5, 0.6) is 5.75 Å². The third-order valence-corrected chi connectivity index (χ3v) is 11.2. The van der Waals surface area contributed by atoms with E-state index in [1.165, 1.54) is 16.7 Å². The number of aromatic nitrogens is 2. The number of phenols is 1. The van der Waals surface area contributed by atoms with Gasteiger partial charge in [0.25, 0.3) is 0 Å². The van der Waals surface area contributed by atoms with Crippen molar-refractivity contribution in [1.29, 1.82) is 0 Å². The van der Waals surface area contributed by atoms with Crippen LogP contribution in [0.2, 0.25) is 0 Å². The van der Waals surface area contributed by atoms with Crippen molar-refractivity contribution in [3.05, 3.63) is 235 Å². The standard InChI is InChI=1S/C56H43N2O.Pt/c1-56(2,49-21-13-6-14-22-49)50-27-28-55(59)51(38-50)54-37-46(43-25-23-40(24-26-43)31-39-15-7-3-8-16-39)36-53(58-54)48-33-45(42-19-11-5-12-20-42)32-47(34-48)52-35-44(29-30-57-52)41-17-9-4-10-18-41;/h3-30,32-33,35-38,59H,31H2,1-2H3;/q-1;. The molecule has 0 unspecified atom stereocenters. The van der Waals surface area contributed by atoms with Crippen molar-refractivity contribution >= 4 is 0 Å². The van der Waals surface area contributed by atoms with Crippen molar-refractivity contribution in [2.45, 2.75) is 25.7 Å². The molecule has 0 radical (unpaired) electrons. The van der Waals surface area contributed by atoms with Crippen LogP contribution in [0.15, 0.2) is 206 Å². The number of hydrogen-bond donors (Lipinski definition) is 1. The molecule has 9 aromatic rings. The summed E-state index contributed by atoms with van der Waals surface area (Å²) in [6, 6.07) is 73.0. The summed E-state index contributed by atoms with van der Waals surface area (Å²) < 4.78 is 0. The Bertz CT molecular complexity index is 2860. The number of benzene rings is 7. The summed E-state index contributed by atoms with van der Waals surface area (Å²) in [4.78, 5) is 10.2. The third-order valence-electron chi connectivity index (χ3n) is 11.2. The Labute approximate surface area is 367 Å². The summed E-state index contributed by atoms with van der Waals surface area (Å²) in [7, 11) is 0. The van der Waals surface area contributed by atoms with Crippen LogP contribution in [0.3, 0.4) is 0 Å². The topological polar surface area (TPSA) is 46.0 Å². The van der Waals surface area contributed by atoms with Crippen molar-refractivity contribution in [1.82, 2.24) is 9.97 Å². The fraction of sp³-hybridized carbons (Fsp3) is 0.0714. The zero-order valence-electron chi connectivity index (χ0n) is 33.5. The maximum atomic E-state index is 11.6. The zero-order valence-corrected chi connectivity index (χ0v) is 35.8. The minimum absolute atomic E-state index is 0. The number of aromatic hydroxyl groups is 1. The van der Waals surface area contributed by atoms with Crippen LogP contribution in [-0.2, 0) is 32.9 Å². The monoisotopic (exact) mass is 954 g/mol. The van der Waals surface area contributed by atoms with Crippen LogP contribution in [0.25, 0.3) is 67.2 Å². The molecule has 0 fully saturated rings. The van der Waals surface area contributed by atoms with E-state index < -0.39 is 0 Å². The molecule has 3 nitrogen and oxygen atoms in total. The maximum absolute atomic E-state index is 11.6. The first-order valence-corrected chi connectivity index (χ1v) is 20.1. The Kier molecular flexibility index (Phi) is 11.8. The maximum Gasteiger partial charge on any atom is 0.124 e. The largest absolute Gasteiger partial charge is 0.507 e. The van der Waals surface area contributed by atoms with Crippen LogP contribution < -0.4 is 0 Å². The summed E-state index contributed by atoms with van der Waals surface area (Å²) in [5.41, 5.74) is 15.5. The van der Waals surface area contributed by atoms with Crippen LogP contribution >= 0.6 is 0 Å². The SMILES string of the molecule is CC(C)(c1ccccc1)c1ccc(O)c(-c2cc(-c3ccc(Cc4ccccc4)cc3)cc(-c3[c-]c(-c4cc(-c5ccccc5)ccn4)cc(-c4ccccc4)c3)n2)c1.[Pt]. The van der Waals surface area contributed by atoms with E-state index in [0.29, 0.717) is 11.3 Å². The molecule has 60 heavy (non-hydrogen) atoms. The van der Waals surface area contributed by atoms with Gasteiger partial charge < -0.3 is 5.11 Å². The predicted molar refractivity (Wildman–Crippen MR) is 243 cm³/mol. The molecule has 2 aromatic heterocycles. The van der Waals surface area contributed by atoms with E-state index in [4.69, 9.17) is 9.97 Å². The number of pyridine rings is 2. The first-order valence-electron chi connectivity index (χ1n) is 20.1. The summed E-state index contributed by atoms with van der Waals surface area (Å²) >= 11 is 0. The average Bonchev–Trinajstić information content (AvgIpc) is 3.30. The minimum atomic E-state index is -0.313. The zero-order chi connectivity index (χ0) is 40.2. The van der Waals surface area contributed by atoms with E-state index in [0.717, 1.165) is 67.9 Å². The predicted octanol–water partition coefficient (Wildman–Crippen LogP) is 13.9. The quantitative estimate of drug-likeness (QED) is 0.139. The van der Waals surface area contributed by atoms with Crippen molar-refractivity contribution in [3.8, 4) is 72.9 Å². The fourth-order valence-corrected chi connectivity index (χ4v) is 7.80. The Morgan fingerprint density at radius 2 is 0.967 bits per heavy atom. The van der Waals surface area contributed by atoms with Gasteiger partial charge in [0.05, 0.1) is 5.69 Å². The van der Waals surface area contributed by atoms with Gasteiger partial charge in [-0.2, -0.15) is 0 Å². The normalized spacial score (nSPS) is 11.2. The molecule has 0 aliphatic carbocycles. The Hall–Kier alpha value is -6.67. The van der Waals surface area contributed by atoms with Crippen LogP contribution in [-0.4, -0.2) is 15.1 Å². The van der Waals surface area contributed by atoms with Crippen LogP contribution in [0.1, 0.15) is 36.1 Å². The van der Waals surface area contributed by atoms with E-state index in [2.05, 4.69) is 184 Å². The molecule has 0 amide bonds. The summed E-state index contributed by atoms with van der Waals surface area (Å²) in [5.74, 6) is 0.177. The van der Waals surface area contributed by atoms with E-state index in [9.17, 15) is 5.11 Å². The van der Waals surface area contributed by atoms with Gasteiger partial charge in [-0.25, -0.2) is 0 Å². The van der Waals surface area contributed by atoms with Gasteiger partial charge in [-0.15, -0.1) is 18.2 Å². The Morgan fingerprint density at radius 3 is 1.63 bits per heavy atom. The van der Waals surface area contributed by atoms with Crippen molar-refractivity contribution in [2.75, 3.05) is 0 Å². The van der Waals surface area contributed by atoms with E-state index in [-0.39, 0.29) is 32.2 Å². The van der Waals surface area contributed by atoms with E-state index >= 15 is 0 Å². The molecule has 7 aromatic carbocycles. The molecule has 0 saturated heterocycles. The molecule has 1 N–H and O–H groups in total. The number of hydrogen-bond acceptors (Lipinski definition) is 3. The molecule has 294 valence electrons. The van der Waals surface area contributed by atoms with Crippen molar-refractivity contribution < 1.29 is 26.2 Å². The first-order chi connectivity index (χ1) is 28.9. The smallest absolute Gasteiger partial charge is 0.124 e. The second kappa shape index (κ2) is 17.7. The van der Waals surface area contributed by atoms with Gasteiger partial charge >= 0.3 is 0 Å². The van der Waals surface area contributed by atoms with Gasteiger partial charge in [0.2, 0.25) is 0 Å². The van der Waals surface area contributed by atoms with E-state index in [1.54, 1.807) is 6.07 Å². The second-order valence-electron chi connectivity index (χ2n) is 15.6. The van der Waals surface area contributed by atoms with Gasteiger partial charge in [-0.3, -0.25) is 9.97 Å². The van der Waals surface area contributed by atoms with Gasteiger partial charge in [0.15, 0.2) is 0 Å². The molecule has 0 spiro atoms. The molecule has 4 heteroatoms. The Balaban J connectivity index is 0.00000499. The van der Waals surface area contributed by atoms with Gasteiger partial charge in [-0.1, -0.05) is 194 Å². The molecule has 9 rings (SSSR count). The molecule has 0 bridgehead atoms. The molecule has 0 saturated carbocycles. The van der Waals surface area contributed by atoms with E-state index in [1.807, 2.05) is 36.5 Å². The molecular weight excluding hydrogens is 912 g/mol. The molecule has 0 atom stereocenters. The van der Waals surface area contributed by atoms with Gasteiger partial charge in [0.1, 0.15) is 5.75 Å². The number of nitrogens with zero attached hydrogens (tertiary/aromatic N) is 2. The fourth-order valence-electron chi connectivity index (χ4n) is 7.80. The average molecular weight is 955 g/mol. The van der Waals surface area contributed by atoms with Crippen LogP contribution in [0, 0.1) is 6.07 Å². The number of phenolic OH excluding ortho intramolecular Hbond substituents is 1. The molecule has 0 aliphatic heterocycles. The number of rotatable bonds is 10. The second-order valence-corrected chi connectivity index (χ2v) is 15.6. The van der Waals surface area contributed by atoms with Crippen molar-refractivity contribution in [2.24, 2.45) is 0 Å². The summed E-state index contributed by atoms with van der Waals surface area (Å²) in [6.07, 6.45) is 2.72. The third kappa shape index (κ3) is 8.69. The first kappa shape index (κ1) is 40.1. The molecule has 0 aliphatic rings. The minimum Gasteiger partial charge on any atom is -0.507 e. The van der Waals surface area contributed by atoms with Crippen LogP contribution in [0.4, 0.5) is 0 Å². The Morgan fingerprint density at radius 1 is 0.450 bits per heavy atom. The van der Waals surface area contributed by atoms with Gasteiger partial charge in [-0.05, 0) is 80.8 Å². The van der Waals surface area contributed by atoms with Gasteiger partial charge in [0, 0.05) is 49.6 Å². The van der Waals surface area contributed by atoms with Crippen molar-refractivity contribution in [3.63, 3.8) is 0 Å².